The van der Waals surface area contributed by atoms with Gasteiger partial charge in [-0.1, -0.05) is 12.1 Å². The summed E-state index contributed by atoms with van der Waals surface area (Å²) in [5.41, 5.74) is 2.53. The van der Waals surface area contributed by atoms with Gasteiger partial charge in [0.25, 0.3) is 0 Å². The van der Waals surface area contributed by atoms with Crippen LogP contribution in [0.5, 0.6) is 28.7 Å². The third-order valence-electron chi connectivity index (χ3n) is 6.44. The van der Waals surface area contributed by atoms with Crippen molar-refractivity contribution in [1.82, 2.24) is 0 Å². The molecule has 10 nitrogen and oxygen atoms in total. The molecule has 0 saturated carbocycles. The van der Waals surface area contributed by atoms with Crippen LogP contribution in [0.25, 0.3) is 22.1 Å². The molecule has 0 saturated heterocycles. The van der Waals surface area contributed by atoms with Crippen molar-refractivity contribution in [3.63, 3.8) is 0 Å². The third kappa shape index (κ3) is 6.25. The predicted molar refractivity (Wildman–Crippen MR) is 158 cm³/mol. The number of hydrogen-bond donors (Lipinski definition) is 1. The quantitative estimate of drug-likeness (QED) is 0.149. The van der Waals surface area contributed by atoms with Crippen LogP contribution in [0.1, 0.15) is 25.4 Å². The summed E-state index contributed by atoms with van der Waals surface area (Å²) in [7, 11) is 3.95. The zero-order valence-corrected chi connectivity index (χ0v) is 25.2. The number of nitrogens with one attached hydrogen (secondary N) is 1. The van der Waals surface area contributed by atoms with Crippen molar-refractivity contribution in [1.29, 1.82) is 0 Å². The molecule has 0 aliphatic carbocycles. The number of benzene rings is 3. The molecular weight excluding hydrogens is 549 g/mol. The smallest absolute Gasteiger partial charge is 0.360 e. The molecule has 41 heavy (non-hydrogen) atoms. The number of fused-ring (bicyclic) bond motifs is 1. The molecule has 3 aromatic carbocycles. The highest BCUT2D eigenvalue weighted by Crippen LogP contribution is 2.63. The second-order valence-corrected chi connectivity index (χ2v) is 10.9. The van der Waals surface area contributed by atoms with E-state index in [9.17, 15) is 4.57 Å². The highest BCUT2D eigenvalue weighted by Gasteiger charge is 2.42. The second-order valence-electron chi connectivity index (χ2n) is 8.80. The van der Waals surface area contributed by atoms with Crippen LogP contribution in [0.3, 0.4) is 0 Å². The Morgan fingerprint density at radius 1 is 0.732 bits per heavy atom. The Morgan fingerprint density at radius 3 is 1.80 bits per heavy atom. The summed E-state index contributed by atoms with van der Waals surface area (Å²) in [6.45, 7) is 3.82. The fourth-order valence-electron chi connectivity index (χ4n) is 4.57. The minimum absolute atomic E-state index is 0.149. The normalized spacial score (nSPS) is 12.2. The molecule has 0 fully saturated rings. The lowest BCUT2D eigenvalue weighted by atomic mass is 10.0. The van der Waals surface area contributed by atoms with Crippen LogP contribution in [-0.4, -0.2) is 48.8 Å². The predicted octanol–water partition coefficient (Wildman–Crippen LogP) is 7.52. The van der Waals surface area contributed by atoms with Gasteiger partial charge in [0.2, 0.25) is 0 Å². The van der Waals surface area contributed by atoms with Gasteiger partial charge in [-0.25, -0.2) is 0 Å². The summed E-state index contributed by atoms with van der Waals surface area (Å²) in [6, 6.07) is 16.3. The zero-order valence-electron chi connectivity index (χ0n) is 24.3. The fraction of sp³-hybridized carbons (Fsp3) is 0.333. The van der Waals surface area contributed by atoms with E-state index in [0.29, 0.717) is 51.3 Å². The van der Waals surface area contributed by atoms with E-state index >= 15 is 0 Å². The van der Waals surface area contributed by atoms with Crippen LogP contribution in [0.2, 0.25) is 0 Å². The molecule has 0 bridgehead atoms. The molecule has 0 spiro atoms. The number of ether oxygens (including phenoxy) is 5. The van der Waals surface area contributed by atoms with E-state index in [1.807, 2.05) is 30.3 Å². The highest BCUT2D eigenvalue weighted by atomic mass is 31.2. The molecule has 0 aliphatic rings. The standard InChI is InChI=1S/C30H36NO9P/c1-8-38-41(32,39-9-2)30(31-20-14-22(34-4)16-23(15-20)35-5)29-28(19-10-12-21(33-3)13-11-19)24-17-26(36-6)27(37-7)18-25(24)40-29/h10-18,30-31H,8-9H2,1-7H3. The van der Waals surface area contributed by atoms with Gasteiger partial charge in [-0.15, -0.1) is 0 Å². The number of anilines is 1. The topological polar surface area (TPSA) is 107 Å². The summed E-state index contributed by atoms with van der Waals surface area (Å²) < 4.78 is 60.2. The van der Waals surface area contributed by atoms with Gasteiger partial charge < -0.3 is 42.5 Å². The Morgan fingerprint density at radius 2 is 1.29 bits per heavy atom. The summed E-state index contributed by atoms with van der Waals surface area (Å²) in [6.07, 6.45) is 0. The Kier molecular flexibility index (Phi) is 9.70. The molecule has 1 atom stereocenters. The average molecular weight is 586 g/mol. The lowest BCUT2D eigenvalue weighted by Crippen LogP contribution is -2.15. The molecule has 0 amide bonds. The van der Waals surface area contributed by atoms with Crippen LogP contribution in [-0.2, 0) is 13.6 Å². The zero-order chi connectivity index (χ0) is 29.6. The van der Waals surface area contributed by atoms with Crippen molar-refractivity contribution in [3.8, 4) is 39.9 Å². The maximum absolute atomic E-state index is 14.5. The van der Waals surface area contributed by atoms with Gasteiger partial charge in [0.05, 0.1) is 48.8 Å². The first kappa shape index (κ1) is 30.1. The van der Waals surface area contributed by atoms with Crippen molar-refractivity contribution < 1.29 is 41.7 Å². The molecule has 4 rings (SSSR count). The Hall–Kier alpha value is -3.85. The van der Waals surface area contributed by atoms with Gasteiger partial charge in [0.1, 0.15) is 28.6 Å². The molecule has 1 unspecified atom stereocenters. The van der Waals surface area contributed by atoms with Crippen LogP contribution < -0.4 is 29.0 Å². The lowest BCUT2D eigenvalue weighted by Gasteiger charge is -2.27. The molecule has 1 heterocycles. The van der Waals surface area contributed by atoms with Gasteiger partial charge in [0, 0.05) is 40.9 Å². The number of methoxy groups -OCH3 is 5. The van der Waals surface area contributed by atoms with Crippen LogP contribution >= 0.6 is 7.60 Å². The molecule has 0 radical (unpaired) electrons. The summed E-state index contributed by atoms with van der Waals surface area (Å²) >= 11 is 0. The van der Waals surface area contributed by atoms with E-state index in [0.717, 1.165) is 10.9 Å². The Bertz CT molecular complexity index is 1480. The Labute approximate surface area is 239 Å². The number of furan rings is 1. The molecular formula is C30H36NO9P. The average Bonchev–Trinajstić information content (AvgIpc) is 3.36. The molecule has 1 aromatic heterocycles. The molecule has 0 aliphatic heterocycles. The first-order valence-electron chi connectivity index (χ1n) is 13.1. The second kappa shape index (κ2) is 13.2. The van der Waals surface area contributed by atoms with Gasteiger partial charge in [-0.2, -0.15) is 0 Å². The maximum atomic E-state index is 14.5. The van der Waals surface area contributed by atoms with Gasteiger partial charge >= 0.3 is 7.60 Å². The van der Waals surface area contributed by atoms with Crippen molar-refractivity contribution in [2.45, 2.75) is 19.6 Å². The fourth-order valence-corrected chi connectivity index (χ4v) is 6.44. The van der Waals surface area contributed by atoms with Crippen molar-refractivity contribution in [2.75, 3.05) is 54.1 Å². The van der Waals surface area contributed by atoms with Crippen molar-refractivity contribution >= 4 is 24.3 Å². The number of rotatable bonds is 14. The van der Waals surface area contributed by atoms with Gasteiger partial charge in [-0.05, 0) is 37.6 Å². The monoisotopic (exact) mass is 585 g/mol. The van der Waals surface area contributed by atoms with E-state index in [1.54, 1.807) is 73.7 Å². The molecule has 4 aromatic rings. The minimum atomic E-state index is -3.89. The Balaban J connectivity index is 2.04. The van der Waals surface area contributed by atoms with E-state index in [2.05, 4.69) is 5.32 Å². The maximum Gasteiger partial charge on any atom is 0.360 e. The van der Waals surface area contributed by atoms with Crippen molar-refractivity contribution in [2.24, 2.45) is 0 Å². The van der Waals surface area contributed by atoms with E-state index in [-0.39, 0.29) is 13.2 Å². The first-order valence-corrected chi connectivity index (χ1v) is 14.7. The van der Waals surface area contributed by atoms with Crippen LogP contribution in [0, 0.1) is 0 Å². The van der Waals surface area contributed by atoms with E-state index < -0.39 is 13.4 Å². The largest absolute Gasteiger partial charge is 0.497 e. The summed E-state index contributed by atoms with van der Waals surface area (Å²) in [5.74, 6) is 2.05. The van der Waals surface area contributed by atoms with Gasteiger partial charge in [-0.3, -0.25) is 4.57 Å². The number of hydrogen-bond acceptors (Lipinski definition) is 10. The van der Waals surface area contributed by atoms with Crippen molar-refractivity contribution in [3.05, 3.63) is 60.4 Å². The summed E-state index contributed by atoms with van der Waals surface area (Å²) in [5, 5.41) is 4.07. The molecule has 220 valence electrons. The first-order chi connectivity index (χ1) is 19.8. The molecule has 11 heteroatoms. The van der Waals surface area contributed by atoms with Gasteiger partial charge in [0.15, 0.2) is 17.3 Å². The highest BCUT2D eigenvalue weighted by molar-refractivity contribution is 7.54. The van der Waals surface area contributed by atoms with E-state index in [1.165, 1.54) is 0 Å². The third-order valence-corrected chi connectivity index (χ3v) is 8.67. The summed E-state index contributed by atoms with van der Waals surface area (Å²) in [4.78, 5) is 0. The SMILES string of the molecule is CCOP(=O)(OCC)C(Nc1cc(OC)cc(OC)c1)c1oc2cc(OC)c(OC)cc2c1-c1ccc(OC)cc1. The van der Waals surface area contributed by atoms with Crippen LogP contribution in [0.4, 0.5) is 5.69 Å². The molecule has 1 N–H and O–H groups in total. The lowest BCUT2D eigenvalue weighted by molar-refractivity contribution is 0.212. The van der Waals surface area contributed by atoms with E-state index in [4.69, 9.17) is 37.1 Å². The van der Waals surface area contributed by atoms with Crippen LogP contribution in [0.15, 0.2) is 59.0 Å². The minimum Gasteiger partial charge on any atom is -0.497 e.